The first-order valence-corrected chi connectivity index (χ1v) is 24.5. The van der Waals surface area contributed by atoms with Crippen LogP contribution in [0.25, 0.3) is 10.9 Å². The van der Waals surface area contributed by atoms with Gasteiger partial charge in [0.1, 0.15) is 30.3 Å². The quantitative estimate of drug-likeness (QED) is 0.129. The fraction of sp³-hybridized carbons (Fsp3) is 0.566. The fourth-order valence-electron chi connectivity index (χ4n) is 15.3. The van der Waals surface area contributed by atoms with Gasteiger partial charge in [0.25, 0.3) is 5.91 Å². The molecule has 6 aliphatic heterocycles. The molecule has 1 amide bonds. The summed E-state index contributed by atoms with van der Waals surface area (Å²) < 4.78 is 29.7. The second-order valence-corrected chi connectivity index (χ2v) is 20.8. The molecule has 3 aromatic rings. The largest absolute Gasteiger partial charge is 1.00 e. The second kappa shape index (κ2) is 17.8. The molecule has 17 heteroatoms. The number of fused-ring (bicyclic) bond motifs is 6. The minimum absolute atomic E-state index is 0. The summed E-state index contributed by atoms with van der Waals surface area (Å²) in [6.07, 6.45) is 8.31. The summed E-state index contributed by atoms with van der Waals surface area (Å²) in [6, 6.07) is 10.1. The van der Waals surface area contributed by atoms with Gasteiger partial charge in [-0.25, -0.2) is 9.59 Å². The minimum atomic E-state index is -2.34. The lowest BCUT2D eigenvalue weighted by Gasteiger charge is -2.63. The molecule has 2 aromatic carbocycles. The van der Waals surface area contributed by atoms with E-state index in [-0.39, 0.29) is 47.8 Å². The highest BCUT2D eigenvalue weighted by molar-refractivity contribution is 5.95. The third-order valence-corrected chi connectivity index (χ3v) is 17.6. The van der Waals surface area contributed by atoms with Gasteiger partial charge in [-0.15, -0.1) is 0 Å². The molecule has 10 rings (SSSR count). The fourth-order valence-corrected chi connectivity index (χ4v) is 15.3. The lowest BCUT2D eigenvalue weighted by atomic mass is 9.47. The highest BCUT2D eigenvalue weighted by Gasteiger charge is 2.80. The van der Waals surface area contributed by atoms with Crippen molar-refractivity contribution in [2.24, 2.45) is 11.3 Å². The number of nitrogens with zero attached hydrogens (tertiary/aromatic N) is 4. The van der Waals surface area contributed by atoms with Crippen LogP contribution >= 0.6 is 0 Å². The number of aliphatic hydroxyl groups is 1. The van der Waals surface area contributed by atoms with Crippen LogP contribution in [0, 0.1) is 11.3 Å². The first kappa shape index (κ1) is 49.7. The molecular formula is C53H66BrN5O11. The van der Waals surface area contributed by atoms with Crippen LogP contribution in [0.3, 0.4) is 0 Å². The Bertz CT molecular complexity index is 2720. The second-order valence-electron chi connectivity index (χ2n) is 20.8. The zero-order chi connectivity index (χ0) is 49.0. The highest BCUT2D eigenvalue weighted by Crippen LogP contribution is 2.68. The summed E-state index contributed by atoms with van der Waals surface area (Å²) in [4.78, 5) is 80.7. The van der Waals surface area contributed by atoms with Crippen molar-refractivity contribution in [3.63, 3.8) is 0 Å². The number of esters is 4. The van der Waals surface area contributed by atoms with E-state index in [0.29, 0.717) is 92.1 Å². The Kier molecular flexibility index (Phi) is 12.7. The van der Waals surface area contributed by atoms with E-state index in [1.54, 1.807) is 12.0 Å². The Morgan fingerprint density at radius 1 is 0.943 bits per heavy atom. The van der Waals surface area contributed by atoms with Gasteiger partial charge in [-0.2, -0.15) is 0 Å². The Morgan fingerprint density at radius 2 is 1.70 bits per heavy atom. The van der Waals surface area contributed by atoms with Crippen molar-refractivity contribution in [3.05, 3.63) is 82.6 Å². The number of benzene rings is 2. The Morgan fingerprint density at radius 3 is 2.39 bits per heavy atom. The van der Waals surface area contributed by atoms with Crippen molar-refractivity contribution in [2.45, 2.75) is 107 Å². The summed E-state index contributed by atoms with van der Waals surface area (Å²) in [5.74, 6) is -2.32. The Hall–Kier alpha value is -5.23. The van der Waals surface area contributed by atoms with Gasteiger partial charge in [-0.3, -0.25) is 19.3 Å². The van der Waals surface area contributed by atoms with E-state index < -0.39 is 63.9 Å². The molecule has 1 saturated carbocycles. The zero-order valence-corrected chi connectivity index (χ0v) is 43.1. The molecule has 7 aliphatic rings. The minimum Gasteiger partial charge on any atom is -1.00 e. The highest BCUT2D eigenvalue weighted by atomic mass is 79.9. The summed E-state index contributed by atoms with van der Waals surface area (Å²) in [7, 11) is 7.46. The first-order chi connectivity index (χ1) is 33.1. The van der Waals surface area contributed by atoms with E-state index in [1.807, 2.05) is 55.3 Å². The average Bonchev–Trinajstić information content (AvgIpc) is 4.14. The van der Waals surface area contributed by atoms with E-state index >= 15 is 4.79 Å². The molecular weight excluding hydrogens is 963 g/mol. The summed E-state index contributed by atoms with van der Waals surface area (Å²) in [5, 5.41) is 14.4. The molecule has 10 atom stereocenters. The van der Waals surface area contributed by atoms with Gasteiger partial charge in [0.15, 0.2) is 12.6 Å². The maximum Gasteiger partial charge on any atom is 0.344 e. The number of nitrogens with one attached hydrogen (secondary N) is 1. The SMILES string of the molecule is CCC1=C[C@@H]2C[C@](C(=O)OC)(c3cc4c(cc3OC)N(C)[C@H]3[C@@](O)(C(=O)OC)[C@H](OC(C)=O)[C@]5(CC)C=CCN6CC[C@]43[C@@H]65)c3[nH]c4ccccc4c3C[N+](CC(=O)N3CCC[C@H]3C(=O)OC)(C1)C2.[Br-]. The molecule has 376 valence electrons. The number of H-pyrrole nitrogens is 1. The van der Waals surface area contributed by atoms with Gasteiger partial charge in [-0.05, 0) is 68.3 Å². The van der Waals surface area contributed by atoms with E-state index in [4.69, 9.17) is 23.7 Å². The third-order valence-electron chi connectivity index (χ3n) is 17.6. The van der Waals surface area contributed by atoms with Crippen molar-refractivity contribution < 1.29 is 74.2 Å². The molecule has 1 unspecified atom stereocenters. The lowest BCUT2D eigenvalue weighted by Crippen LogP contribution is -3.00. The zero-order valence-electron chi connectivity index (χ0n) is 41.5. The molecule has 1 spiro atoms. The smallest absolute Gasteiger partial charge is 0.344 e. The average molecular weight is 1030 g/mol. The Balaban J connectivity index is 0.00000608. The predicted octanol–water partition coefficient (Wildman–Crippen LogP) is 1.44. The molecule has 0 radical (unpaired) electrons. The summed E-state index contributed by atoms with van der Waals surface area (Å²) >= 11 is 0. The van der Waals surface area contributed by atoms with Crippen LogP contribution in [0.4, 0.5) is 5.69 Å². The van der Waals surface area contributed by atoms with Gasteiger partial charge in [0.2, 0.25) is 5.60 Å². The van der Waals surface area contributed by atoms with Gasteiger partial charge < -0.3 is 65.0 Å². The van der Waals surface area contributed by atoms with E-state index in [0.717, 1.165) is 28.5 Å². The van der Waals surface area contributed by atoms with Crippen molar-refractivity contribution in [2.75, 3.05) is 79.7 Å². The van der Waals surface area contributed by atoms with Crippen LogP contribution < -0.4 is 26.6 Å². The number of carbonyl (C=O) groups is 5. The van der Waals surface area contributed by atoms with Gasteiger partial charge in [-0.1, -0.05) is 50.3 Å². The molecule has 2 saturated heterocycles. The maximum absolute atomic E-state index is 15.6. The number of ether oxygens (including phenoxy) is 5. The lowest BCUT2D eigenvalue weighted by molar-refractivity contribution is -0.934. The monoisotopic (exact) mass is 1030 g/mol. The molecule has 70 heavy (non-hydrogen) atoms. The van der Waals surface area contributed by atoms with Crippen LogP contribution in [0.5, 0.6) is 5.75 Å². The molecule has 3 fully saturated rings. The number of methoxy groups -OCH3 is 4. The normalized spacial score (nSPS) is 33.6. The van der Waals surface area contributed by atoms with Crippen molar-refractivity contribution in [1.29, 1.82) is 0 Å². The number of aromatic amines is 1. The van der Waals surface area contributed by atoms with Crippen molar-refractivity contribution >= 4 is 46.4 Å². The van der Waals surface area contributed by atoms with Crippen molar-refractivity contribution in [3.8, 4) is 5.75 Å². The number of quaternary nitrogens is 1. The molecule has 16 nitrogen and oxygen atoms in total. The van der Waals surface area contributed by atoms with E-state index in [1.165, 1.54) is 33.8 Å². The van der Waals surface area contributed by atoms with Crippen LogP contribution in [-0.2, 0) is 60.3 Å². The third kappa shape index (κ3) is 6.72. The number of hydrogen-bond donors (Lipinski definition) is 2. The Labute approximate surface area is 419 Å². The predicted molar refractivity (Wildman–Crippen MR) is 254 cm³/mol. The molecule has 7 heterocycles. The molecule has 1 aromatic heterocycles. The summed E-state index contributed by atoms with van der Waals surface area (Å²) in [6.45, 7) is 8.88. The summed E-state index contributed by atoms with van der Waals surface area (Å²) in [5.41, 5.74) is -0.178. The van der Waals surface area contributed by atoms with E-state index in [9.17, 15) is 24.3 Å². The molecule has 1 aliphatic carbocycles. The maximum atomic E-state index is 15.6. The number of amides is 1. The number of likely N-dealkylation sites (N-methyl/N-ethyl adjacent to an activating group) is 1. The van der Waals surface area contributed by atoms with Gasteiger partial charge in [0, 0.05) is 89.3 Å². The number of hydrogen-bond acceptors (Lipinski definition) is 13. The van der Waals surface area contributed by atoms with Crippen LogP contribution in [0.1, 0.15) is 81.7 Å². The number of carbonyl (C=O) groups excluding carboxylic acids is 5. The number of halogens is 1. The van der Waals surface area contributed by atoms with Crippen LogP contribution in [0.15, 0.2) is 60.2 Å². The molecule has 2 N–H and O–H groups in total. The van der Waals surface area contributed by atoms with Crippen molar-refractivity contribution in [1.82, 2.24) is 14.8 Å². The number of para-hydroxylation sites is 1. The van der Waals surface area contributed by atoms with Gasteiger partial charge in [0.05, 0.1) is 41.0 Å². The number of anilines is 1. The van der Waals surface area contributed by atoms with E-state index in [2.05, 4.69) is 35.0 Å². The van der Waals surface area contributed by atoms with Crippen LogP contribution in [0.2, 0.25) is 0 Å². The molecule has 2 bridgehead atoms. The standard InChI is InChI=1S/C53H66N5O11.BrH/c1-9-32-23-33-26-52(48(62)67-7,43-35(34-15-11-12-16-38(34)54-43)29-58(27-32,28-33)30-42(60)57-21-13-17-39(57)44(61)66-6)37-24-36-40(25-41(37)65-5)55(4)46-51(36)19-22-56-20-14-18-50(10-2,45(51)56)47(69-31(3)59)53(46,64)49(63)68-8;/h11-12,14-16,18,23-25,33,39,45-47,54,64H,9-10,13,17,19-22,26-30H2,1-8H3;1H/q+1;/p-1/t33-,39+,45+,46-,47-,50-,51-,52+,53+,58?;/m1./s1. The van der Waals surface area contributed by atoms with Crippen LogP contribution in [-0.4, -0.2) is 159 Å². The number of rotatable bonds is 10. The number of aromatic nitrogens is 1. The first-order valence-electron chi connectivity index (χ1n) is 24.5. The topological polar surface area (TPSA) is 177 Å². The van der Waals surface area contributed by atoms with Gasteiger partial charge >= 0.3 is 23.9 Å². The number of likely N-dealkylation sites (tertiary alicyclic amines) is 1.